The molecule has 1 aromatic heterocycles. The molecule has 2 aromatic carbocycles. The molecule has 0 aliphatic carbocycles. The van der Waals surface area contributed by atoms with Gasteiger partial charge < -0.3 is 0 Å². The number of hydrogen-bond acceptors (Lipinski definition) is 2. The van der Waals surface area contributed by atoms with Crippen molar-refractivity contribution in [1.82, 2.24) is 14.8 Å². The molecule has 106 valence electrons. The Morgan fingerprint density at radius 2 is 1.81 bits per heavy atom. The van der Waals surface area contributed by atoms with Crippen molar-refractivity contribution in [3.05, 3.63) is 69.1 Å². The SMILES string of the molecule is Cc1cc(C)cc(Cn2cnc(-c3cccc(I)c3)n2)c1. The standard InChI is InChI=1S/C17H16IN3/c1-12-6-13(2)8-14(7-12)10-21-11-19-17(20-21)15-4-3-5-16(18)9-15/h3-9,11H,10H2,1-2H3. The molecule has 1 heterocycles. The van der Waals surface area contributed by atoms with Crippen molar-refractivity contribution in [2.45, 2.75) is 20.4 Å². The minimum Gasteiger partial charge on any atom is -0.248 e. The summed E-state index contributed by atoms with van der Waals surface area (Å²) in [4.78, 5) is 4.42. The van der Waals surface area contributed by atoms with Gasteiger partial charge in [0, 0.05) is 9.13 Å². The van der Waals surface area contributed by atoms with Gasteiger partial charge in [-0.3, -0.25) is 0 Å². The fourth-order valence-corrected chi connectivity index (χ4v) is 3.02. The second kappa shape index (κ2) is 5.97. The molecule has 4 heteroatoms. The van der Waals surface area contributed by atoms with Crippen LogP contribution in [0.5, 0.6) is 0 Å². The molecule has 21 heavy (non-hydrogen) atoms. The molecular weight excluding hydrogens is 373 g/mol. The summed E-state index contributed by atoms with van der Waals surface area (Å²) in [6, 6.07) is 14.8. The van der Waals surface area contributed by atoms with E-state index in [-0.39, 0.29) is 0 Å². The van der Waals surface area contributed by atoms with Crippen LogP contribution in [0.25, 0.3) is 11.4 Å². The van der Waals surface area contributed by atoms with Crippen molar-refractivity contribution in [2.24, 2.45) is 0 Å². The highest BCUT2D eigenvalue weighted by Gasteiger charge is 2.05. The first-order valence-electron chi connectivity index (χ1n) is 6.83. The first-order valence-corrected chi connectivity index (χ1v) is 7.90. The summed E-state index contributed by atoms with van der Waals surface area (Å²) in [5.74, 6) is 0.776. The predicted octanol–water partition coefficient (Wildman–Crippen LogP) is 4.21. The van der Waals surface area contributed by atoms with Crippen LogP contribution in [0.15, 0.2) is 48.8 Å². The summed E-state index contributed by atoms with van der Waals surface area (Å²) in [7, 11) is 0. The van der Waals surface area contributed by atoms with E-state index in [1.54, 1.807) is 6.33 Å². The number of hydrogen-bond donors (Lipinski definition) is 0. The Morgan fingerprint density at radius 3 is 2.52 bits per heavy atom. The second-order valence-electron chi connectivity index (χ2n) is 5.27. The van der Waals surface area contributed by atoms with E-state index in [0.717, 1.165) is 17.9 Å². The molecule has 3 aromatic rings. The molecule has 0 saturated carbocycles. The summed E-state index contributed by atoms with van der Waals surface area (Å²) in [5.41, 5.74) is 4.87. The molecule has 0 fully saturated rings. The number of benzene rings is 2. The molecule has 0 radical (unpaired) electrons. The van der Waals surface area contributed by atoms with Gasteiger partial charge in [-0.05, 0) is 54.1 Å². The molecule has 3 nitrogen and oxygen atoms in total. The minimum atomic E-state index is 0.749. The Bertz CT molecular complexity index is 757. The van der Waals surface area contributed by atoms with E-state index in [2.05, 4.69) is 76.9 Å². The van der Waals surface area contributed by atoms with Crippen LogP contribution < -0.4 is 0 Å². The zero-order chi connectivity index (χ0) is 14.8. The Hall–Kier alpha value is -1.69. The van der Waals surface area contributed by atoms with Gasteiger partial charge >= 0.3 is 0 Å². The number of aromatic nitrogens is 3. The van der Waals surface area contributed by atoms with E-state index < -0.39 is 0 Å². The van der Waals surface area contributed by atoms with Gasteiger partial charge in [-0.15, -0.1) is 0 Å². The predicted molar refractivity (Wildman–Crippen MR) is 93.2 cm³/mol. The lowest BCUT2D eigenvalue weighted by molar-refractivity contribution is 0.686. The van der Waals surface area contributed by atoms with Crippen molar-refractivity contribution in [2.75, 3.05) is 0 Å². The topological polar surface area (TPSA) is 30.7 Å². The summed E-state index contributed by atoms with van der Waals surface area (Å²) in [6.45, 7) is 4.99. The first-order chi connectivity index (χ1) is 10.1. The summed E-state index contributed by atoms with van der Waals surface area (Å²) in [6.07, 6.45) is 1.80. The van der Waals surface area contributed by atoms with Crippen molar-refractivity contribution >= 4 is 22.6 Å². The molecule has 0 bridgehead atoms. The molecule has 0 spiro atoms. The Morgan fingerprint density at radius 1 is 1.05 bits per heavy atom. The van der Waals surface area contributed by atoms with E-state index in [1.807, 2.05) is 16.8 Å². The molecule has 0 aliphatic heterocycles. The second-order valence-corrected chi connectivity index (χ2v) is 6.52. The number of aryl methyl sites for hydroxylation is 2. The van der Waals surface area contributed by atoms with Crippen LogP contribution in [0, 0.1) is 17.4 Å². The van der Waals surface area contributed by atoms with E-state index >= 15 is 0 Å². The lowest BCUT2D eigenvalue weighted by Crippen LogP contribution is -2.01. The summed E-state index contributed by atoms with van der Waals surface area (Å²) < 4.78 is 3.08. The Labute approximate surface area is 138 Å². The summed E-state index contributed by atoms with van der Waals surface area (Å²) in [5, 5.41) is 4.58. The van der Waals surface area contributed by atoms with E-state index in [4.69, 9.17) is 0 Å². The number of halogens is 1. The van der Waals surface area contributed by atoms with Crippen LogP contribution >= 0.6 is 22.6 Å². The Kier molecular flexibility index (Phi) is 4.05. The molecule has 0 unspecified atom stereocenters. The fourth-order valence-electron chi connectivity index (χ4n) is 2.48. The molecule has 3 rings (SSSR count). The van der Waals surface area contributed by atoms with Crippen LogP contribution in [0.1, 0.15) is 16.7 Å². The van der Waals surface area contributed by atoms with Crippen LogP contribution in [0.3, 0.4) is 0 Å². The largest absolute Gasteiger partial charge is 0.248 e. The number of nitrogens with zero attached hydrogens (tertiary/aromatic N) is 3. The molecular formula is C17H16IN3. The highest BCUT2D eigenvalue weighted by atomic mass is 127. The van der Waals surface area contributed by atoms with Crippen molar-refractivity contribution in [1.29, 1.82) is 0 Å². The van der Waals surface area contributed by atoms with Gasteiger partial charge in [0.1, 0.15) is 6.33 Å². The molecule has 0 aliphatic rings. The van der Waals surface area contributed by atoms with Gasteiger partial charge in [0.2, 0.25) is 0 Å². The van der Waals surface area contributed by atoms with Gasteiger partial charge in [0.05, 0.1) is 6.54 Å². The average Bonchev–Trinajstić information content (AvgIpc) is 2.86. The molecule has 0 amide bonds. The minimum absolute atomic E-state index is 0.749. The summed E-state index contributed by atoms with van der Waals surface area (Å²) >= 11 is 2.30. The number of rotatable bonds is 3. The van der Waals surface area contributed by atoms with Gasteiger partial charge in [-0.25, -0.2) is 9.67 Å². The van der Waals surface area contributed by atoms with Gasteiger partial charge in [-0.1, -0.05) is 41.5 Å². The third kappa shape index (κ3) is 3.50. The highest BCUT2D eigenvalue weighted by molar-refractivity contribution is 14.1. The van der Waals surface area contributed by atoms with Crippen molar-refractivity contribution < 1.29 is 0 Å². The van der Waals surface area contributed by atoms with Crippen LogP contribution in [0.2, 0.25) is 0 Å². The van der Waals surface area contributed by atoms with Gasteiger partial charge in [0.15, 0.2) is 5.82 Å². The lowest BCUT2D eigenvalue weighted by Gasteiger charge is -2.04. The van der Waals surface area contributed by atoms with Crippen molar-refractivity contribution in [3.8, 4) is 11.4 Å². The maximum absolute atomic E-state index is 4.58. The zero-order valence-electron chi connectivity index (χ0n) is 12.0. The maximum Gasteiger partial charge on any atom is 0.181 e. The first kappa shape index (κ1) is 14.3. The quantitative estimate of drug-likeness (QED) is 0.629. The van der Waals surface area contributed by atoms with Crippen LogP contribution in [-0.2, 0) is 6.54 Å². The zero-order valence-corrected chi connectivity index (χ0v) is 14.2. The molecule has 0 saturated heterocycles. The molecule has 0 N–H and O–H groups in total. The van der Waals surface area contributed by atoms with E-state index in [9.17, 15) is 0 Å². The third-order valence-corrected chi connectivity index (χ3v) is 3.92. The third-order valence-electron chi connectivity index (χ3n) is 3.25. The highest BCUT2D eigenvalue weighted by Crippen LogP contribution is 2.17. The average molecular weight is 389 g/mol. The fraction of sp³-hybridized carbons (Fsp3) is 0.176. The normalized spacial score (nSPS) is 10.8. The van der Waals surface area contributed by atoms with E-state index in [0.29, 0.717) is 0 Å². The molecule has 0 atom stereocenters. The van der Waals surface area contributed by atoms with Gasteiger partial charge in [0.25, 0.3) is 0 Å². The van der Waals surface area contributed by atoms with Crippen LogP contribution in [0.4, 0.5) is 0 Å². The lowest BCUT2D eigenvalue weighted by atomic mass is 10.1. The smallest absolute Gasteiger partial charge is 0.181 e. The van der Waals surface area contributed by atoms with Crippen molar-refractivity contribution in [3.63, 3.8) is 0 Å². The monoisotopic (exact) mass is 389 g/mol. The van der Waals surface area contributed by atoms with E-state index in [1.165, 1.54) is 20.3 Å². The Balaban J connectivity index is 1.85. The van der Waals surface area contributed by atoms with Gasteiger partial charge in [-0.2, -0.15) is 5.10 Å². The maximum atomic E-state index is 4.58. The van der Waals surface area contributed by atoms with Crippen LogP contribution in [-0.4, -0.2) is 14.8 Å².